The fourth-order valence-electron chi connectivity index (χ4n) is 11.3. The van der Waals surface area contributed by atoms with Gasteiger partial charge in [-0.3, -0.25) is 37.3 Å². The molecule has 0 rings (SSSR count). The third-order valence-electron chi connectivity index (χ3n) is 17.7. The van der Waals surface area contributed by atoms with Gasteiger partial charge in [0.15, 0.2) is 12.2 Å². The Balaban J connectivity index is 5.22. The van der Waals surface area contributed by atoms with Gasteiger partial charge in [0.25, 0.3) is 0 Å². The minimum atomic E-state index is -4.96. The summed E-state index contributed by atoms with van der Waals surface area (Å²) in [7, 11) is -9.91. The van der Waals surface area contributed by atoms with Crippen molar-refractivity contribution in [2.24, 2.45) is 23.7 Å². The fraction of sp³-hybridized carbons (Fsp3) is 0.947. The molecule has 0 aromatic carbocycles. The maximum absolute atomic E-state index is 13.1. The van der Waals surface area contributed by atoms with Crippen LogP contribution in [-0.2, 0) is 65.4 Å². The molecule has 0 fully saturated rings. The first-order valence-corrected chi connectivity index (χ1v) is 41.7. The van der Waals surface area contributed by atoms with Crippen LogP contribution in [0.15, 0.2) is 0 Å². The average Bonchev–Trinajstić information content (AvgIpc) is 1.63. The lowest BCUT2D eigenvalue weighted by molar-refractivity contribution is -0.161. The summed E-state index contributed by atoms with van der Waals surface area (Å²) in [6.45, 7) is 14.1. The molecule has 94 heavy (non-hydrogen) atoms. The van der Waals surface area contributed by atoms with E-state index in [0.717, 1.165) is 114 Å². The van der Waals surface area contributed by atoms with Crippen molar-refractivity contribution >= 4 is 39.5 Å². The number of hydrogen-bond acceptors (Lipinski definition) is 15. The molecule has 0 amide bonds. The Bertz CT molecular complexity index is 1850. The number of phosphoric ester groups is 2. The molecule has 3 N–H and O–H groups in total. The van der Waals surface area contributed by atoms with Crippen LogP contribution in [-0.4, -0.2) is 96.7 Å². The van der Waals surface area contributed by atoms with Crippen LogP contribution in [0.5, 0.6) is 0 Å². The Morgan fingerprint density at radius 3 is 0.755 bits per heavy atom. The number of unbranched alkanes of at least 4 members (excludes halogenated alkanes) is 37. The Hall–Kier alpha value is -1.94. The SMILES string of the molecule is CCC(C)CCCCCCCCC(=O)O[C@H](COC(=O)CCCCCCCCC(C)C)COP(=O)(O)OC[C@H](O)COP(=O)(O)OC[C@@H](COC(=O)CCCCCCCCCCCCCCCCC(C)C)OC(=O)CCCCCCCCCCCCCCCCCC(C)C. The van der Waals surface area contributed by atoms with Crippen molar-refractivity contribution in [3.05, 3.63) is 0 Å². The summed E-state index contributed by atoms with van der Waals surface area (Å²) in [5, 5.41) is 10.6. The normalized spacial score (nSPS) is 14.4. The number of carbonyl (C=O) groups is 4. The maximum Gasteiger partial charge on any atom is 0.472 e. The first-order chi connectivity index (χ1) is 45.1. The van der Waals surface area contributed by atoms with Gasteiger partial charge in [0.1, 0.15) is 19.3 Å². The quantitative estimate of drug-likeness (QED) is 0.0222. The van der Waals surface area contributed by atoms with E-state index in [9.17, 15) is 43.2 Å². The molecular formula is C75H146O17P2. The molecule has 17 nitrogen and oxygen atoms in total. The zero-order valence-electron chi connectivity index (χ0n) is 61.6. The number of phosphoric acid groups is 2. The number of rotatable bonds is 72. The maximum atomic E-state index is 13.1. The van der Waals surface area contributed by atoms with Crippen molar-refractivity contribution in [1.82, 2.24) is 0 Å². The summed E-state index contributed by atoms with van der Waals surface area (Å²) in [6, 6.07) is 0. The third kappa shape index (κ3) is 67.3. The van der Waals surface area contributed by atoms with Gasteiger partial charge in [-0.05, 0) is 49.4 Å². The molecule has 0 saturated carbocycles. The van der Waals surface area contributed by atoms with Crippen molar-refractivity contribution in [3.63, 3.8) is 0 Å². The Morgan fingerprint density at radius 2 is 0.511 bits per heavy atom. The Labute approximate surface area is 575 Å². The monoisotopic (exact) mass is 1380 g/mol. The van der Waals surface area contributed by atoms with Crippen LogP contribution in [0.4, 0.5) is 0 Å². The molecule has 0 aromatic rings. The average molecular weight is 1380 g/mol. The van der Waals surface area contributed by atoms with E-state index < -0.39 is 97.5 Å². The summed E-state index contributed by atoms with van der Waals surface area (Å²) in [4.78, 5) is 72.7. The second-order valence-electron chi connectivity index (χ2n) is 28.7. The smallest absolute Gasteiger partial charge is 0.462 e. The first-order valence-electron chi connectivity index (χ1n) is 38.7. The lowest BCUT2D eigenvalue weighted by Gasteiger charge is -2.21. The van der Waals surface area contributed by atoms with E-state index in [1.807, 2.05) is 0 Å². The summed E-state index contributed by atoms with van der Waals surface area (Å²) in [6.07, 6.45) is 48.8. The third-order valence-corrected chi connectivity index (χ3v) is 19.6. The van der Waals surface area contributed by atoms with Crippen molar-refractivity contribution in [1.29, 1.82) is 0 Å². The number of aliphatic hydroxyl groups is 1. The summed E-state index contributed by atoms with van der Waals surface area (Å²) < 4.78 is 68.4. The zero-order valence-corrected chi connectivity index (χ0v) is 63.4. The Kier molecular flexibility index (Phi) is 63.1. The largest absolute Gasteiger partial charge is 0.472 e. The van der Waals surface area contributed by atoms with Crippen molar-refractivity contribution in [2.75, 3.05) is 39.6 Å². The molecule has 0 aliphatic heterocycles. The highest BCUT2D eigenvalue weighted by Gasteiger charge is 2.30. The Morgan fingerprint density at radius 1 is 0.298 bits per heavy atom. The molecule has 0 heterocycles. The highest BCUT2D eigenvalue weighted by Crippen LogP contribution is 2.45. The molecule has 0 radical (unpaired) electrons. The topological polar surface area (TPSA) is 237 Å². The van der Waals surface area contributed by atoms with E-state index in [4.69, 9.17) is 37.0 Å². The van der Waals surface area contributed by atoms with Crippen LogP contribution in [0.1, 0.15) is 376 Å². The van der Waals surface area contributed by atoms with Crippen LogP contribution in [0, 0.1) is 23.7 Å². The molecule has 3 unspecified atom stereocenters. The van der Waals surface area contributed by atoms with E-state index in [0.29, 0.717) is 31.6 Å². The number of carbonyl (C=O) groups excluding carboxylic acids is 4. The first kappa shape index (κ1) is 92.1. The molecular weight excluding hydrogens is 1230 g/mol. The van der Waals surface area contributed by atoms with Crippen LogP contribution in [0.3, 0.4) is 0 Å². The number of ether oxygens (including phenoxy) is 4. The van der Waals surface area contributed by atoms with Crippen molar-refractivity contribution in [3.8, 4) is 0 Å². The van der Waals surface area contributed by atoms with E-state index in [-0.39, 0.29) is 25.7 Å². The van der Waals surface area contributed by atoms with Crippen molar-refractivity contribution in [2.45, 2.75) is 395 Å². The van der Waals surface area contributed by atoms with Crippen LogP contribution >= 0.6 is 15.6 Å². The fourth-order valence-corrected chi connectivity index (χ4v) is 12.9. The summed E-state index contributed by atoms with van der Waals surface area (Å²) >= 11 is 0. The number of aliphatic hydroxyl groups excluding tert-OH is 1. The summed E-state index contributed by atoms with van der Waals surface area (Å²) in [5.41, 5.74) is 0. The van der Waals surface area contributed by atoms with E-state index >= 15 is 0 Å². The highest BCUT2D eigenvalue weighted by atomic mass is 31.2. The van der Waals surface area contributed by atoms with Gasteiger partial charge in [-0.25, -0.2) is 9.13 Å². The minimum Gasteiger partial charge on any atom is -0.462 e. The van der Waals surface area contributed by atoms with E-state index in [1.54, 1.807) is 0 Å². The van der Waals surface area contributed by atoms with Crippen LogP contribution in [0.2, 0.25) is 0 Å². The molecule has 0 spiro atoms. The van der Waals surface area contributed by atoms with Gasteiger partial charge in [0, 0.05) is 25.7 Å². The van der Waals surface area contributed by atoms with Gasteiger partial charge < -0.3 is 33.8 Å². The molecule has 0 aliphatic rings. The predicted octanol–water partition coefficient (Wildman–Crippen LogP) is 21.7. The van der Waals surface area contributed by atoms with Gasteiger partial charge in [0.2, 0.25) is 0 Å². The van der Waals surface area contributed by atoms with Gasteiger partial charge in [0.05, 0.1) is 26.4 Å². The molecule has 558 valence electrons. The lowest BCUT2D eigenvalue weighted by atomic mass is 10.00. The zero-order chi connectivity index (χ0) is 69.6. The molecule has 0 aromatic heterocycles. The van der Waals surface area contributed by atoms with Crippen LogP contribution in [0.25, 0.3) is 0 Å². The predicted molar refractivity (Wildman–Crippen MR) is 381 cm³/mol. The molecule has 0 aliphatic carbocycles. The van der Waals surface area contributed by atoms with Gasteiger partial charge in [-0.15, -0.1) is 0 Å². The second kappa shape index (κ2) is 64.4. The van der Waals surface area contributed by atoms with Crippen molar-refractivity contribution < 1.29 is 80.2 Å². The van der Waals surface area contributed by atoms with Gasteiger partial charge >= 0.3 is 39.5 Å². The highest BCUT2D eigenvalue weighted by molar-refractivity contribution is 7.47. The van der Waals surface area contributed by atoms with E-state index in [1.165, 1.54) is 173 Å². The van der Waals surface area contributed by atoms with E-state index in [2.05, 4.69) is 55.4 Å². The second-order valence-corrected chi connectivity index (χ2v) is 31.6. The molecule has 0 saturated heterocycles. The van der Waals surface area contributed by atoms with Gasteiger partial charge in [-0.2, -0.15) is 0 Å². The molecule has 0 bridgehead atoms. The van der Waals surface area contributed by atoms with Gasteiger partial charge in [-0.1, -0.05) is 325 Å². The standard InChI is InChI=1S/C75H146O17P2/c1-9-68(8)54-46-38-32-34-42-50-58-75(80)92-71(62-86-73(78)56-48-40-33-31-37-45-53-67(6)7)64-90-94(83,84)88-60-69(76)59-87-93(81,82)89-63-70(61-85-72(77)55-47-39-29-25-21-17-14-13-16-20-24-28-36-44-52-66(4)5)91-74(79)57-49-41-30-26-22-18-12-10-11-15-19-23-27-35-43-51-65(2)3/h65-71,76H,9-64H2,1-8H3,(H,81,82)(H,83,84)/t68?,69-,70-,71-/m1/s1. The number of hydrogen-bond donors (Lipinski definition) is 3. The molecule has 6 atom stereocenters. The molecule has 19 heteroatoms. The lowest BCUT2D eigenvalue weighted by Crippen LogP contribution is -2.30. The number of esters is 4. The minimum absolute atomic E-state index is 0.102. The van der Waals surface area contributed by atoms with Crippen LogP contribution < -0.4 is 0 Å². The summed E-state index contributed by atoms with van der Waals surface area (Å²) in [5.74, 6) is 0.875.